The van der Waals surface area contributed by atoms with Gasteiger partial charge in [0.1, 0.15) is 0 Å². The van der Waals surface area contributed by atoms with Crippen LogP contribution in [0.4, 0.5) is 5.95 Å². The molecule has 2 fully saturated rings. The second kappa shape index (κ2) is 6.51. The van der Waals surface area contributed by atoms with Crippen LogP contribution in [0.15, 0.2) is 36.7 Å². The number of carbonyl (C=O) groups is 1. The molecule has 0 radical (unpaired) electrons. The van der Waals surface area contributed by atoms with Crippen molar-refractivity contribution in [1.29, 1.82) is 0 Å². The summed E-state index contributed by atoms with van der Waals surface area (Å²) >= 11 is 0. The lowest BCUT2D eigenvalue weighted by Gasteiger charge is -2.25. The van der Waals surface area contributed by atoms with Crippen LogP contribution in [0.2, 0.25) is 0 Å². The molecule has 1 N–H and O–H groups in total. The summed E-state index contributed by atoms with van der Waals surface area (Å²) < 4.78 is 4.07. The first-order valence-electron chi connectivity index (χ1n) is 9.97. The van der Waals surface area contributed by atoms with Gasteiger partial charge in [0.05, 0.1) is 17.2 Å². The lowest BCUT2D eigenvalue weighted by molar-refractivity contribution is -0.117. The highest BCUT2D eigenvalue weighted by atomic mass is 16.2. The van der Waals surface area contributed by atoms with Gasteiger partial charge in [0, 0.05) is 25.2 Å². The molecule has 5 rings (SSSR count). The first-order valence-corrected chi connectivity index (χ1v) is 9.97. The van der Waals surface area contributed by atoms with Crippen molar-refractivity contribution in [3.63, 3.8) is 0 Å². The molecular weight excluding hydrogens is 338 g/mol. The summed E-state index contributed by atoms with van der Waals surface area (Å²) in [6, 6.07) is 8.62. The highest BCUT2D eigenvalue weighted by Gasteiger charge is 2.45. The zero-order chi connectivity index (χ0) is 18.4. The number of nitrogens with one attached hydrogen (secondary N) is 1. The molecule has 0 spiro atoms. The van der Waals surface area contributed by atoms with Crippen molar-refractivity contribution in [3.8, 4) is 0 Å². The van der Waals surface area contributed by atoms with Crippen LogP contribution in [-0.2, 0) is 11.8 Å². The number of nitrogens with zero attached hydrogens (tertiary/aromatic N) is 4. The average Bonchev–Trinajstić information content (AvgIpc) is 3.24. The van der Waals surface area contributed by atoms with Crippen molar-refractivity contribution in [2.24, 2.45) is 13.0 Å². The lowest BCUT2D eigenvalue weighted by atomic mass is 9.95. The normalized spacial score (nSPS) is 22.9. The minimum absolute atomic E-state index is 0.0221. The number of carbonyl (C=O) groups excluding carboxylic acids is 1. The Balaban J connectivity index is 1.40. The van der Waals surface area contributed by atoms with Gasteiger partial charge in [0.15, 0.2) is 0 Å². The Kier molecular flexibility index (Phi) is 3.99. The van der Waals surface area contributed by atoms with E-state index in [-0.39, 0.29) is 17.7 Å². The molecule has 0 aliphatic heterocycles. The van der Waals surface area contributed by atoms with E-state index < -0.39 is 0 Å². The molecule has 6 heteroatoms. The highest BCUT2D eigenvalue weighted by Crippen LogP contribution is 2.48. The summed E-state index contributed by atoms with van der Waals surface area (Å²) in [5.41, 5.74) is 3.23. The van der Waals surface area contributed by atoms with E-state index in [2.05, 4.69) is 21.0 Å². The number of aromatic nitrogens is 4. The van der Waals surface area contributed by atoms with Crippen molar-refractivity contribution in [2.75, 3.05) is 5.32 Å². The van der Waals surface area contributed by atoms with Gasteiger partial charge in [-0.1, -0.05) is 31.4 Å². The molecule has 2 atom stereocenters. The summed E-state index contributed by atoms with van der Waals surface area (Å²) in [6.45, 7) is 0. The quantitative estimate of drug-likeness (QED) is 0.761. The summed E-state index contributed by atoms with van der Waals surface area (Å²) in [7, 11) is 1.91. The fraction of sp³-hybridized carbons (Fsp3) is 0.476. The van der Waals surface area contributed by atoms with E-state index in [1.54, 1.807) is 4.68 Å². The van der Waals surface area contributed by atoms with Gasteiger partial charge in [-0.3, -0.25) is 14.8 Å². The average molecular weight is 363 g/mol. The molecule has 0 saturated heterocycles. The van der Waals surface area contributed by atoms with Gasteiger partial charge in [-0.25, -0.2) is 4.98 Å². The van der Waals surface area contributed by atoms with Gasteiger partial charge in [-0.2, -0.15) is 5.10 Å². The van der Waals surface area contributed by atoms with Crippen LogP contribution in [0, 0.1) is 5.92 Å². The summed E-state index contributed by atoms with van der Waals surface area (Å²) in [5.74, 6) is 1.10. The van der Waals surface area contributed by atoms with Crippen LogP contribution in [-0.4, -0.2) is 25.2 Å². The molecule has 1 amide bonds. The molecular formula is C21H25N5O. The summed E-state index contributed by atoms with van der Waals surface area (Å²) in [5, 5.41) is 7.38. The van der Waals surface area contributed by atoms with Crippen molar-refractivity contribution in [2.45, 2.75) is 50.5 Å². The minimum atomic E-state index is 0.0221. The molecule has 0 bridgehead atoms. The molecule has 140 valence electrons. The van der Waals surface area contributed by atoms with Gasteiger partial charge in [-0.05, 0) is 42.9 Å². The first-order chi connectivity index (χ1) is 13.2. The Morgan fingerprint density at radius 2 is 2.00 bits per heavy atom. The van der Waals surface area contributed by atoms with Crippen molar-refractivity contribution in [3.05, 3.63) is 42.2 Å². The fourth-order valence-electron chi connectivity index (χ4n) is 4.53. The maximum Gasteiger partial charge on any atom is 0.230 e. The highest BCUT2D eigenvalue weighted by molar-refractivity contribution is 5.95. The molecule has 2 aliphatic carbocycles. The minimum Gasteiger partial charge on any atom is -0.307 e. The molecule has 6 nitrogen and oxygen atoms in total. The Morgan fingerprint density at radius 1 is 1.19 bits per heavy atom. The number of benzene rings is 1. The lowest BCUT2D eigenvalue weighted by Crippen LogP contribution is -2.21. The molecule has 2 saturated carbocycles. The monoisotopic (exact) mass is 363 g/mol. The number of hydrogen-bond donors (Lipinski definition) is 1. The number of fused-ring (bicyclic) bond motifs is 1. The van der Waals surface area contributed by atoms with Crippen molar-refractivity contribution in [1.82, 2.24) is 19.3 Å². The van der Waals surface area contributed by atoms with E-state index in [9.17, 15) is 4.79 Å². The van der Waals surface area contributed by atoms with Crippen LogP contribution in [0.25, 0.3) is 11.0 Å². The molecule has 27 heavy (non-hydrogen) atoms. The third kappa shape index (κ3) is 3.03. The van der Waals surface area contributed by atoms with Crippen LogP contribution < -0.4 is 5.32 Å². The van der Waals surface area contributed by atoms with Crippen LogP contribution >= 0.6 is 0 Å². The van der Waals surface area contributed by atoms with E-state index in [1.807, 2.05) is 37.6 Å². The van der Waals surface area contributed by atoms with Gasteiger partial charge in [0.25, 0.3) is 0 Å². The van der Waals surface area contributed by atoms with Crippen LogP contribution in [0.1, 0.15) is 56.0 Å². The number of amides is 1. The van der Waals surface area contributed by atoms with Crippen molar-refractivity contribution >= 4 is 22.9 Å². The van der Waals surface area contributed by atoms with Crippen LogP contribution in [0.5, 0.6) is 0 Å². The predicted molar refractivity (Wildman–Crippen MR) is 105 cm³/mol. The number of rotatable bonds is 4. The molecule has 3 aromatic rings. The van der Waals surface area contributed by atoms with Gasteiger partial charge in [0.2, 0.25) is 11.9 Å². The predicted octanol–water partition coefficient (Wildman–Crippen LogP) is 4.02. The van der Waals surface area contributed by atoms with Gasteiger partial charge >= 0.3 is 0 Å². The number of hydrogen-bond acceptors (Lipinski definition) is 3. The summed E-state index contributed by atoms with van der Waals surface area (Å²) in [4.78, 5) is 17.6. The Morgan fingerprint density at radius 3 is 2.78 bits per heavy atom. The number of para-hydroxylation sites is 2. The summed E-state index contributed by atoms with van der Waals surface area (Å²) in [6.07, 6.45) is 10.9. The zero-order valence-electron chi connectivity index (χ0n) is 15.6. The van der Waals surface area contributed by atoms with E-state index in [0.717, 1.165) is 35.9 Å². The number of imidazole rings is 1. The van der Waals surface area contributed by atoms with E-state index in [1.165, 1.54) is 19.3 Å². The topological polar surface area (TPSA) is 64.7 Å². The molecule has 0 unspecified atom stereocenters. The van der Waals surface area contributed by atoms with Gasteiger partial charge < -0.3 is 4.57 Å². The van der Waals surface area contributed by atoms with Gasteiger partial charge in [-0.15, -0.1) is 0 Å². The Bertz CT molecular complexity index is 982. The molecule has 2 aliphatic rings. The first kappa shape index (κ1) is 16.5. The van der Waals surface area contributed by atoms with E-state index in [4.69, 9.17) is 4.98 Å². The number of aryl methyl sites for hydroxylation is 1. The van der Waals surface area contributed by atoms with E-state index >= 15 is 0 Å². The standard InChI is InChI=1S/C21H25N5O/c1-25-13-14(12-22-25)16-11-17(16)20(27)24-21-23-18-9-5-6-10-19(18)26(21)15-7-3-2-4-8-15/h5-6,9-10,12-13,15-17H,2-4,7-8,11H2,1H3,(H,23,24,27)/t16-,17+/m0/s1. The smallest absolute Gasteiger partial charge is 0.230 e. The van der Waals surface area contributed by atoms with Crippen molar-refractivity contribution < 1.29 is 4.79 Å². The van der Waals surface area contributed by atoms with Crippen LogP contribution in [0.3, 0.4) is 0 Å². The third-order valence-electron chi connectivity index (χ3n) is 6.05. The maximum absolute atomic E-state index is 12.9. The number of anilines is 1. The largest absolute Gasteiger partial charge is 0.307 e. The maximum atomic E-state index is 12.9. The molecule has 1 aromatic carbocycles. The SMILES string of the molecule is Cn1cc([C@@H]2C[C@H]2C(=O)Nc2nc3ccccc3n2C2CCCCC2)cn1. The molecule has 2 heterocycles. The fourth-order valence-corrected chi connectivity index (χ4v) is 4.53. The molecule has 2 aromatic heterocycles. The van der Waals surface area contributed by atoms with E-state index in [0.29, 0.717) is 12.0 Å². The zero-order valence-corrected chi connectivity index (χ0v) is 15.6. The second-order valence-corrected chi connectivity index (χ2v) is 7.97. The second-order valence-electron chi connectivity index (χ2n) is 7.97. The Labute approximate surface area is 158 Å². The third-order valence-corrected chi connectivity index (χ3v) is 6.05. The Hall–Kier alpha value is -2.63.